The Labute approximate surface area is 87.4 Å². The van der Waals surface area contributed by atoms with Crippen LogP contribution in [0.5, 0.6) is 0 Å². The molecule has 1 heterocycles. The number of fused-ring (bicyclic) bond motifs is 1. The maximum Gasteiger partial charge on any atom is 0.478 e. The summed E-state index contributed by atoms with van der Waals surface area (Å²) in [4.78, 5) is 19.3. The van der Waals surface area contributed by atoms with Crippen molar-refractivity contribution in [1.29, 1.82) is 0 Å². The van der Waals surface area contributed by atoms with E-state index in [1.54, 1.807) is 6.07 Å². The first-order chi connectivity index (χ1) is 7.61. The normalized spacial score (nSPS) is 10.8. The molecule has 0 aliphatic heterocycles. The Hall–Kier alpha value is -2.58. The van der Waals surface area contributed by atoms with Crippen molar-refractivity contribution in [3.05, 3.63) is 44.0 Å². The second-order valence-electron chi connectivity index (χ2n) is 2.98. The number of hydrogen-bond acceptors (Lipinski definition) is 6. The van der Waals surface area contributed by atoms with Crippen molar-refractivity contribution >= 4 is 11.0 Å². The maximum atomic E-state index is 10.6. The topological polar surface area (TPSA) is 128 Å². The molecule has 0 saturated heterocycles. The Bertz CT molecular complexity index is 551. The molecule has 0 amide bonds. The molecule has 1 aromatic heterocycles. The van der Waals surface area contributed by atoms with Gasteiger partial charge in [0.2, 0.25) is 0 Å². The molecule has 0 fully saturated rings. The highest BCUT2D eigenvalue weighted by molar-refractivity contribution is 5.77. The van der Waals surface area contributed by atoms with E-state index in [2.05, 4.69) is 15.4 Å². The summed E-state index contributed by atoms with van der Waals surface area (Å²) < 4.78 is 0. The van der Waals surface area contributed by atoms with Crippen LogP contribution in [0.2, 0.25) is 0 Å². The van der Waals surface area contributed by atoms with Crippen LogP contribution >= 0.6 is 0 Å². The lowest BCUT2D eigenvalue weighted by Gasteiger charge is -2.01. The zero-order valence-electron chi connectivity index (χ0n) is 7.73. The molecule has 1 aromatic carbocycles. The van der Waals surface area contributed by atoms with Crippen LogP contribution in [0.25, 0.3) is 11.0 Å². The molecular formula is C7H5N5O4. The van der Waals surface area contributed by atoms with Crippen molar-refractivity contribution in [2.24, 2.45) is 0 Å². The number of aromatic amines is 1. The van der Waals surface area contributed by atoms with Gasteiger partial charge in [0.25, 0.3) is 0 Å². The number of hydrogen-bond donors (Lipinski definition) is 1. The van der Waals surface area contributed by atoms with E-state index < -0.39 is 16.0 Å². The van der Waals surface area contributed by atoms with Gasteiger partial charge in [-0.15, -0.1) is 0 Å². The van der Waals surface area contributed by atoms with E-state index in [9.17, 15) is 20.2 Å². The first kappa shape index (κ1) is 9.96. The van der Waals surface area contributed by atoms with E-state index >= 15 is 0 Å². The molecule has 0 radical (unpaired) electrons. The van der Waals surface area contributed by atoms with Crippen LogP contribution < -0.4 is 0 Å². The Morgan fingerprint density at radius 1 is 1.19 bits per heavy atom. The van der Waals surface area contributed by atoms with Crippen LogP contribution in [0.1, 0.15) is 11.7 Å². The monoisotopic (exact) mass is 223 g/mol. The molecule has 0 spiro atoms. The van der Waals surface area contributed by atoms with Crippen molar-refractivity contribution in [3.8, 4) is 0 Å². The summed E-state index contributed by atoms with van der Waals surface area (Å²) in [6.45, 7) is 0. The van der Waals surface area contributed by atoms with E-state index in [1.807, 2.05) is 0 Å². The predicted molar refractivity (Wildman–Crippen MR) is 50.6 cm³/mol. The fourth-order valence-corrected chi connectivity index (χ4v) is 1.40. The van der Waals surface area contributed by atoms with Gasteiger partial charge in [0, 0.05) is 0 Å². The fraction of sp³-hybridized carbons (Fsp3) is 0.143. The molecule has 0 unspecified atom stereocenters. The number of nitrogens with one attached hydrogen (secondary N) is 1. The van der Waals surface area contributed by atoms with E-state index in [4.69, 9.17) is 0 Å². The van der Waals surface area contributed by atoms with Gasteiger partial charge in [-0.25, -0.2) is 0 Å². The maximum absolute atomic E-state index is 10.6. The Morgan fingerprint density at radius 2 is 1.88 bits per heavy atom. The Balaban J connectivity index is 2.65. The molecule has 0 aliphatic rings. The lowest BCUT2D eigenvalue weighted by Crippen LogP contribution is -2.19. The highest BCUT2D eigenvalue weighted by Gasteiger charge is 2.37. The number of rotatable bonds is 3. The van der Waals surface area contributed by atoms with Gasteiger partial charge >= 0.3 is 6.17 Å². The number of nitro groups is 2. The van der Waals surface area contributed by atoms with Crippen molar-refractivity contribution in [2.45, 2.75) is 6.17 Å². The average Bonchev–Trinajstić information content (AvgIpc) is 2.65. The van der Waals surface area contributed by atoms with E-state index in [-0.39, 0.29) is 11.1 Å². The van der Waals surface area contributed by atoms with Gasteiger partial charge in [-0.2, -0.15) is 15.4 Å². The molecule has 82 valence electrons. The zero-order valence-corrected chi connectivity index (χ0v) is 7.73. The molecule has 16 heavy (non-hydrogen) atoms. The first-order valence-electron chi connectivity index (χ1n) is 4.17. The van der Waals surface area contributed by atoms with E-state index in [0.717, 1.165) is 0 Å². The summed E-state index contributed by atoms with van der Waals surface area (Å²) in [5, 5.41) is 30.8. The number of nitrogens with zero attached hydrogens (tertiary/aromatic N) is 4. The third-order valence-corrected chi connectivity index (χ3v) is 2.06. The number of H-pyrrole nitrogens is 1. The predicted octanol–water partition coefficient (Wildman–Crippen LogP) is 0.510. The number of para-hydroxylation sites is 1. The standard InChI is InChI=1S/C7H5N5O4/c13-11(14)7(12(15)16)4-2-1-3-5-6(4)9-10-8-5/h1-3,7H,(H,8,9,10). The SMILES string of the molecule is O=[N+]([O-])C(c1cccc2n[nH]nc12)[N+](=O)[O-]. The minimum Gasteiger partial charge on any atom is -0.258 e. The highest BCUT2D eigenvalue weighted by atomic mass is 16.7. The molecule has 2 rings (SSSR count). The Kier molecular flexibility index (Phi) is 2.20. The van der Waals surface area contributed by atoms with E-state index in [1.165, 1.54) is 12.1 Å². The van der Waals surface area contributed by atoms with Crippen LogP contribution in [-0.2, 0) is 0 Å². The lowest BCUT2D eigenvalue weighted by atomic mass is 10.1. The second kappa shape index (κ2) is 3.53. The van der Waals surface area contributed by atoms with Crippen LogP contribution in [0.4, 0.5) is 0 Å². The van der Waals surface area contributed by atoms with Crippen LogP contribution in [0, 0.1) is 20.2 Å². The molecule has 9 heteroatoms. The average molecular weight is 223 g/mol. The van der Waals surface area contributed by atoms with Crippen molar-refractivity contribution in [1.82, 2.24) is 15.4 Å². The summed E-state index contributed by atoms with van der Waals surface area (Å²) in [7, 11) is 0. The summed E-state index contributed by atoms with van der Waals surface area (Å²) in [6, 6.07) is 4.31. The van der Waals surface area contributed by atoms with Gasteiger partial charge in [0.15, 0.2) is 0 Å². The van der Waals surface area contributed by atoms with Crippen LogP contribution in [0.3, 0.4) is 0 Å². The summed E-state index contributed by atoms with van der Waals surface area (Å²) in [6.07, 6.45) is -2.02. The third-order valence-electron chi connectivity index (χ3n) is 2.06. The minimum absolute atomic E-state index is 0.0822. The van der Waals surface area contributed by atoms with Gasteiger partial charge in [0.1, 0.15) is 26.4 Å². The van der Waals surface area contributed by atoms with Gasteiger partial charge in [-0.3, -0.25) is 20.2 Å². The smallest absolute Gasteiger partial charge is 0.258 e. The summed E-state index contributed by atoms with van der Waals surface area (Å²) >= 11 is 0. The lowest BCUT2D eigenvalue weighted by molar-refractivity contribution is -0.752. The first-order valence-corrected chi connectivity index (χ1v) is 4.17. The van der Waals surface area contributed by atoms with Crippen molar-refractivity contribution in [2.75, 3.05) is 0 Å². The molecule has 9 nitrogen and oxygen atoms in total. The number of aromatic nitrogens is 3. The van der Waals surface area contributed by atoms with Gasteiger partial charge in [-0.1, -0.05) is 6.07 Å². The molecule has 0 aliphatic carbocycles. The summed E-state index contributed by atoms with van der Waals surface area (Å²) in [5.41, 5.74) is 0.411. The van der Waals surface area contributed by atoms with Crippen LogP contribution in [0.15, 0.2) is 18.2 Å². The van der Waals surface area contributed by atoms with Gasteiger partial charge in [-0.05, 0) is 12.1 Å². The number of benzene rings is 1. The molecular weight excluding hydrogens is 218 g/mol. The fourth-order valence-electron chi connectivity index (χ4n) is 1.40. The highest BCUT2D eigenvalue weighted by Crippen LogP contribution is 2.23. The Morgan fingerprint density at radius 3 is 2.50 bits per heavy atom. The molecule has 2 aromatic rings. The third kappa shape index (κ3) is 1.43. The zero-order chi connectivity index (χ0) is 11.7. The van der Waals surface area contributed by atoms with Crippen LogP contribution in [-0.4, -0.2) is 25.3 Å². The van der Waals surface area contributed by atoms with Crippen molar-refractivity contribution in [3.63, 3.8) is 0 Å². The molecule has 0 saturated carbocycles. The molecule has 0 bridgehead atoms. The van der Waals surface area contributed by atoms with Gasteiger partial charge < -0.3 is 0 Å². The quantitative estimate of drug-likeness (QED) is 0.458. The molecule has 0 atom stereocenters. The summed E-state index contributed by atoms with van der Waals surface area (Å²) in [5.74, 6) is 0. The molecule has 1 N–H and O–H groups in total. The van der Waals surface area contributed by atoms with E-state index in [0.29, 0.717) is 5.52 Å². The minimum atomic E-state index is -2.02. The second-order valence-corrected chi connectivity index (χ2v) is 2.98. The largest absolute Gasteiger partial charge is 0.478 e. The van der Waals surface area contributed by atoms with Gasteiger partial charge in [0.05, 0.1) is 0 Å². The van der Waals surface area contributed by atoms with Crippen molar-refractivity contribution < 1.29 is 9.85 Å².